The highest BCUT2D eigenvalue weighted by atomic mass is 16.3. The molecule has 5 heteroatoms. The zero-order valence-electron chi connectivity index (χ0n) is 12.2. The molecule has 0 saturated carbocycles. The molecule has 3 aromatic rings. The number of anilines is 1. The lowest BCUT2D eigenvalue weighted by Gasteiger charge is -2.25. The Morgan fingerprint density at radius 3 is 2.86 bits per heavy atom. The van der Waals surface area contributed by atoms with Gasteiger partial charge in [-0.1, -0.05) is 30.3 Å². The Morgan fingerprint density at radius 2 is 2.05 bits per heavy atom. The molecule has 0 aliphatic carbocycles. The van der Waals surface area contributed by atoms with Crippen molar-refractivity contribution in [2.24, 2.45) is 0 Å². The monoisotopic (exact) mass is 294 g/mol. The average molecular weight is 294 g/mol. The smallest absolute Gasteiger partial charge is 0.163 e. The largest absolute Gasteiger partial charge is 0.394 e. The number of aliphatic hydroxyl groups is 1. The molecule has 1 aliphatic heterocycles. The lowest BCUT2D eigenvalue weighted by molar-refractivity contribution is 0.266. The quantitative estimate of drug-likeness (QED) is 0.779. The number of aromatic nitrogens is 3. The minimum Gasteiger partial charge on any atom is -0.394 e. The van der Waals surface area contributed by atoms with Crippen molar-refractivity contribution >= 4 is 16.9 Å². The van der Waals surface area contributed by atoms with Gasteiger partial charge in [-0.05, 0) is 18.9 Å². The van der Waals surface area contributed by atoms with Crippen LogP contribution in [0.5, 0.6) is 0 Å². The minimum absolute atomic E-state index is 0.150. The maximum absolute atomic E-state index is 9.61. The van der Waals surface area contributed by atoms with Crippen molar-refractivity contribution in [2.45, 2.75) is 18.9 Å². The number of aromatic amines is 1. The Morgan fingerprint density at radius 1 is 1.18 bits per heavy atom. The fraction of sp³-hybridized carbons (Fsp3) is 0.294. The van der Waals surface area contributed by atoms with E-state index >= 15 is 0 Å². The molecule has 0 amide bonds. The van der Waals surface area contributed by atoms with E-state index in [1.54, 1.807) is 0 Å². The fourth-order valence-electron chi connectivity index (χ4n) is 3.16. The van der Waals surface area contributed by atoms with Crippen molar-refractivity contribution in [3.05, 3.63) is 42.6 Å². The third kappa shape index (κ3) is 2.14. The van der Waals surface area contributed by atoms with Crippen molar-refractivity contribution in [2.75, 3.05) is 18.1 Å². The zero-order valence-corrected chi connectivity index (χ0v) is 12.2. The van der Waals surface area contributed by atoms with Gasteiger partial charge in [0.15, 0.2) is 5.82 Å². The second kappa shape index (κ2) is 5.42. The predicted molar refractivity (Wildman–Crippen MR) is 86.8 cm³/mol. The summed E-state index contributed by atoms with van der Waals surface area (Å²) < 4.78 is 0. The summed E-state index contributed by atoms with van der Waals surface area (Å²) in [6.45, 7) is 1.09. The molecule has 1 saturated heterocycles. The summed E-state index contributed by atoms with van der Waals surface area (Å²) in [4.78, 5) is 14.8. The van der Waals surface area contributed by atoms with Gasteiger partial charge < -0.3 is 15.0 Å². The topological polar surface area (TPSA) is 65.0 Å². The summed E-state index contributed by atoms with van der Waals surface area (Å²) in [6.07, 6.45) is 3.98. The molecule has 0 unspecified atom stereocenters. The molecule has 3 heterocycles. The van der Waals surface area contributed by atoms with Crippen LogP contribution in [0.3, 0.4) is 0 Å². The Kier molecular flexibility index (Phi) is 3.27. The van der Waals surface area contributed by atoms with E-state index in [4.69, 9.17) is 4.98 Å². The van der Waals surface area contributed by atoms with Crippen molar-refractivity contribution < 1.29 is 5.11 Å². The second-order valence-corrected chi connectivity index (χ2v) is 5.65. The van der Waals surface area contributed by atoms with E-state index in [1.165, 1.54) is 0 Å². The number of rotatable bonds is 3. The number of nitrogens with one attached hydrogen (secondary N) is 1. The number of nitrogens with zero attached hydrogens (tertiary/aromatic N) is 3. The first kappa shape index (κ1) is 13.3. The summed E-state index contributed by atoms with van der Waals surface area (Å²) >= 11 is 0. The first-order chi connectivity index (χ1) is 10.9. The molecule has 2 aromatic heterocycles. The number of H-pyrrole nitrogens is 1. The van der Waals surface area contributed by atoms with E-state index in [1.807, 2.05) is 42.6 Å². The minimum atomic E-state index is 0.150. The van der Waals surface area contributed by atoms with Gasteiger partial charge in [0.1, 0.15) is 11.5 Å². The molecule has 0 radical (unpaired) electrons. The first-order valence-electron chi connectivity index (χ1n) is 7.65. The third-order valence-electron chi connectivity index (χ3n) is 4.29. The molecule has 1 fully saturated rings. The van der Waals surface area contributed by atoms with Gasteiger partial charge >= 0.3 is 0 Å². The van der Waals surface area contributed by atoms with Gasteiger partial charge in [-0.3, -0.25) is 0 Å². The van der Waals surface area contributed by atoms with Gasteiger partial charge in [0.05, 0.1) is 18.0 Å². The van der Waals surface area contributed by atoms with Crippen LogP contribution < -0.4 is 4.90 Å². The van der Waals surface area contributed by atoms with Crippen LogP contribution in [0.25, 0.3) is 22.4 Å². The number of fused-ring (bicyclic) bond motifs is 1. The maximum Gasteiger partial charge on any atom is 0.163 e. The van der Waals surface area contributed by atoms with Gasteiger partial charge in [0.2, 0.25) is 0 Å². The van der Waals surface area contributed by atoms with E-state index in [0.29, 0.717) is 5.82 Å². The summed E-state index contributed by atoms with van der Waals surface area (Å²) in [5, 5.41) is 10.6. The summed E-state index contributed by atoms with van der Waals surface area (Å²) in [5.41, 5.74) is 1.84. The molecule has 1 atom stereocenters. The van der Waals surface area contributed by atoms with Crippen LogP contribution in [0.1, 0.15) is 12.8 Å². The van der Waals surface area contributed by atoms with Crippen molar-refractivity contribution in [3.8, 4) is 11.4 Å². The van der Waals surface area contributed by atoms with Gasteiger partial charge in [0.25, 0.3) is 0 Å². The Bertz CT molecular complexity index is 784. The van der Waals surface area contributed by atoms with E-state index in [9.17, 15) is 5.11 Å². The average Bonchev–Trinajstić information content (AvgIpc) is 3.23. The molecule has 1 aromatic carbocycles. The lowest BCUT2D eigenvalue weighted by atomic mass is 10.2. The Hall–Kier alpha value is -2.40. The van der Waals surface area contributed by atoms with Crippen LogP contribution in [0, 0.1) is 0 Å². The molecule has 0 spiro atoms. The predicted octanol–water partition coefficient (Wildman–Crippen LogP) is 2.59. The SMILES string of the molecule is OC[C@H]1CCCN1c1nc(-c2ccccc2)nc2[nH]ccc12. The van der Waals surface area contributed by atoms with Crippen LogP contribution in [-0.4, -0.2) is 39.3 Å². The Balaban J connectivity index is 1.88. The number of benzene rings is 1. The third-order valence-corrected chi connectivity index (χ3v) is 4.29. The summed E-state index contributed by atoms with van der Waals surface area (Å²) in [6, 6.07) is 12.2. The normalized spacial score (nSPS) is 18.2. The van der Waals surface area contributed by atoms with E-state index in [2.05, 4.69) is 14.9 Å². The van der Waals surface area contributed by atoms with Gasteiger partial charge in [-0.25, -0.2) is 9.97 Å². The fourth-order valence-corrected chi connectivity index (χ4v) is 3.16. The molecule has 22 heavy (non-hydrogen) atoms. The van der Waals surface area contributed by atoms with E-state index < -0.39 is 0 Å². The van der Waals surface area contributed by atoms with Gasteiger partial charge in [0, 0.05) is 18.3 Å². The van der Waals surface area contributed by atoms with Crippen LogP contribution in [0.2, 0.25) is 0 Å². The lowest BCUT2D eigenvalue weighted by Crippen LogP contribution is -2.33. The molecule has 2 N–H and O–H groups in total. The van der Waals surface area contributed by atoms with Crippen molar-refractivity contribution in [1.82, 2.24) is 15.0 Å². The highest BCUT2D eigenvalue weighted by Gasteiger charge is 2.27. The molecule has 5 nitrogen and oxygen atoms in total. The van der Waals surface area contributed by atoms with Crippen LogP contribution in [0.4, 0.5) is 5.82 Å². The van der Waals surface area contributed by atoms with Crippen LogP contribution in [0.15, 0.2) is 42.6 Å². The molecule has 112 valence electrons. The molecule has 4 rings (SSSR count). The van der Waals surface area contributed by atoms with Gasteiger partial charge in [-0.15, -0.1) is 0 Å². The van der Waals surface area contributed by atoms with E-state index in [-0.39, 0.29) is 12.6 Å². The first-order valence-corrected chi connectivity index (χ1v) is 7.65. The number of hydrogen-bond donors (Lipinski definition) is 2. The Labute approximate surface area is 128 Å². The van der Waals surface area contributed by atoms with Crippen molar-refractivity contribution in [3.63, 3.8) is 0 Å². The highest BCUT2D eigenvalue weighted by Crippen LogP contribution is 2.31. The summed E-state index contributed by atoms with van der Waals surface area (Å²) in [5.74, 6) is 1.63. The second-order valence-electron chi connectivity index (χ2n) is 5.65. The molecule has 0 bridgehead atoms. The number of aliphatic hydroxyl groups excluding tert-OH is 1. The molecule has 1 aliphatic rings. The maximum atomic E-state index is 9.61. The van der Waals surface area contributed by atoms with Crippen LogP contribution >= 0.6 is 0 Å². The van der Waals surface area contributed by atoms with Crippen LogP contribution in [-0.2, 0) is 0 Å². The summed E-state index contributed by atoms with van der Waals surface area (Å²) in [7, 11) is 0. The zero-order chi connectivity index (χ0) is 14.9. The number of hydrogen-bond acceptors (Lipinski definition) is 4. The molecular formula is C17H18N4O. The van der Waals surface area contributed by atoms with E-state index in [0.717, 1.165) is 41.8 Å². The van der Waals surface area contributed by atoms with Gasteiger partial charge in [-0.2, -0.15) is 0 Å². The standard InChI is InChI=1S/C17H18N4O/c22-11-13-7-4-10-21(13)17-14-8-9-18-16(14)19-15(20-17)12-5-2-1-3-6-12/h1-3,5-6,8-9,13,22H,4,7,10-11H2,(H,18,19,20)/t13-/m1/s1. The molecular weight excluding hydrogens is 276 g/mol. The van der Waals surface area contributed by atoms with Crippen molar-refractivity contribution in [1.29, 1.82) is 0 Å². The highest BCUT2D eigenvalue weighted by molar-refractivity contribution is 5.89.